The Kier molecular flexibility index (Phi) is 4.63. The standard InChI is InChI=1S/C24H20N4O3/c1-29-21-10-15(11-22(30-2)23(21)31-3)16-12-26-24-19(13-27-28(24)14-16)17-8-9-25-20-7-5-4-6-18(17)20/h4-14H,1-3H3. The molecule has 5 aromatic rings. The van der Waals surface area contributed by atoms with E-state index in [2.05, 4.69) is 16.1 Å². The number of pyridine rings is 1. The Morgan fingerprint density at radius 1 is 0.774 bits per heavy atom. The molecule has 0 saturated heterocycles. The van der Waals surface area contributed by atoms with Gasteiger partial charge in [0.25, 0.3) is 0 Å². The van der Waals surface area contributed by atoms with E-state index in [0.717, 1.165) is 38.8 Å². The van der Waals surface area contributed by atoms with Gasteiger partial charge in [-0.25, -0.2) is 9.50 Å². The molecule has 0 aliphatic rings. The van der Waals surface area contributed by atoms with E-state index in [9.17, 15) is 0 Å². The van der Waals surface area contributed by atoms with Gasteiger partial charge in [-0.2, -0.15) is 5.10 Å². The summed E-state index contributed by atoms with van der Waals surface area (Å²) in [7, 11) is 4.78. The molecule has 0 unspecified atom stereocenters. The summed E-state index contributed by atoms with van der Waals surface area (Å²) in [4.78, 5) is 9.17. The molecule has 0 amide bonds. The van der Waals surface area contributed by atoms with Crippen LogP contribution in [0.15, 0.2) is 67.3 Å². The third-order valence-electron chi connectivity index (χ3n) is 5.29. The molecule has 0 fully saturated rings. The van der Waals surface area contributed by atoms with Crippen LogP contribution in [0.4, 0.5) is 0 Å². The monoisotopic (exact) mass is 412 g/mol. The zero-order valence-corrected chi connectivity index (χ0v) is 17.4. The van der Waals surface area contributed by atoms with Crippen LogP contribution in [0.5, 0.6) is 17.2 Å². The Labute approximate surface area is 178 Å². The van der Waals surface area contributed by atoms with E-state index >= 15 is 0 Å². The molecule has 154 valence electrons. The van der Waals surface area contributed by atoms with Crippen LogP contribution in [-0.4, -0.2) is 40.9 Å². The molecule has 7 nitrogen and oxygen atoms in total. The number of methoxy groups -OCH3 is 3. The number of aromatic nitrogens is 4. The summed E-state index contributed by atoms with van der Waals surface area (Å²) >= 11 is 0. The molecule has 0 radical (unpaired) electrons. The maximum absolute atomic E-state index is 5.48. The molecular formula is C24H20N4O3. The quantitative estimate of drug-likeness (QED) is 0.419. The van der Waals surface area contributed by atoms with Gasteiger partial charge < -0.3 is 14.2 Å². The predicted octanol–water partition coefficient (Wildman–Crippen LogP) is 4.64. The van der Waals surface area contributed by atoms with Crippen molar-refractivity contribution < 1.29 is 14.2 Å². The van der Waals surface area contributed by atoms with Gasteiger partial charge in [0.1, 0.15) is 0 Å². The van der Waals surface area contributed by atoms with Gasteiger partial charge in [0.2, 0.25) is 5.75 Å². The summed E-state index contributed by atoms with van der Waals surface area (Å²) in [6, 6.07) is 13.8. The Morgan fingerprint density at radius 3 is 2.29 bits per heavy atom. The molecule has 0 atom stereocenters. The lowest BCUT2D eigenvalue weighted by atomic mass is 10.0. The van der Waals surface area contributed by atoms with Crippen LogP contribution < -0.4 is 14.2 Å². The first-order valence-electron chi connectivity index (χ1n) is 9.71. The van der Waals surface area contributed by atoms with Crippen LogP contribution in [0.2, 0.25) is 0 Å². The number of fused-ring (bicyclic) bond motifs is 2. The number of nitrogens with zero attached hydrogens (tertiary/aromatic N) is 4. The lowest BCUT2D eigenvalue weighted by Crippen LogP contribution is -1.97. The number of hydrogen-bond donors (Lipinski definition) is 0. The molecule has 3 heterocycles. The van der Waals surface area contributed by atoms with E-state index in [-0.39, 0.29) is 0 Å². The highest BCUT2D eigenvalue weighted by Gasteiger charge is 2.16. The van der Waals surface area contributed by atoms with Gasteiger partial charge in [-0.15, -0.1) is 0 Å². The SMILES string of the molecule is COc1cc(-c2cnc3c(-c4ccnc5ccccc45)cnn3c2)cc(OC)c1OC. The van der Waals surface area contributed by atoms with E-state index in [1.54, 1.807) is 25.8 Å². The lowest BCUT2D eigenvalue weighted by molar-refractivity contribution is 0.324. The van der Waals surface area contributed by atoms with E-state index in [4.69, 9.17) is 19.2 Å². The lowest BCUT2D eigenvalue weighted by Gasteiger charge is -2.14. The van der Waals surface area contributed by atoms with Crippen molar-refractivity contribution in [1.29, 1.82) is 0 Å². The molecule has 3 aromatic heterocycles. The van der Waals surface area contributed by atoms with Crippen LogP contribution in [0.25, 0.3) is 38.8 Å². The summed E-state index contributed by atoms with van der Waals surface area (Å²) in [5, 5.41) is 5.62. The maximum Gasteiger partial charge on any atom is 0.203 e. The highest BCUT2D eigenvalue weighted by atomic mass is 16.5. The zero-order chi connectivity index (χ0) is 21.4. The number of para-hydroxylation sites is 1. The number of rotatable bonds is 5. The van der Waals surface area contributed by atoms with Gasteiger partial charge in [-0.1, -0.05) is 18.2 Å². The minimum absolute atomic E-state index is 0.550. The van der Waals surface area contributed by atoms with Crippen molar-refractivity contribution in [2.75, 3.05) is 21.3 Å². The first-order valence-corrected chi connectivity index (χ1v) is 9.71. The third-order valence-corrected chi connectivity index (χ3v) is 5.29. The molecule has 0 spiro atoms. The van der Waals surface area contributed by atoms with Gasteiger partial charge in [0, 0.05) is 35.1 Å². The van der Waals surface area contributed by atoms with Crippen molar-refractivity contribution in [3.8, 4) is 39.5 Å². The normalized spacial score (nSPS) is 11.1. The van der Waals surface area contributed by atoms with Gasteiger partial charge in [0.15, 0.2) is 17.1 Å². The van der Waals surface area contributed by atoms with E-state index in [1.165, 1.54) is 0 Å². The van der Waals surface area contributed by atoms with E-state index in [1.807, 2.05) is 61.2 Å². The Hall–Kier alpha value is -4.13. The minimum atomic E-state index is 0.550. The van der Waals surface area contributed by atoms with Crippen LogP contribution in [0.3, 0.4) is 0 Å². The fourth-order valence-corrected chi connectivity index (χ4v) is 3.79. The summed E-state index contributed by atoms with van der Waals surface area (Å²) < 4.78 is 18.2. The van der Waals surface area contributed by atoms with Crippen molar-refractivity contribution in [2.24, 2.45) is 0 Å². The second-order valence-electron chi connectivity index (χ2n) is 6.96. The van der Waals surface area contributed by atoms with Crippen molar-refractivity contribution in [3.05, 3.63) is 67.3 Å². The van der Waals surface area contributed by atoms with Crippen molar-refractivity contribution in [1.82, 2.24) is 19.6 Å². The second-order valence-corrected chi connectivity index (χ2v) is 6.96. The zero-order valence-electron chi connectivity index (χ0n) is 17.4. The van der Waals surface area contributed by atoms with Gasteiger partial charge in [-0.05, 0) is 35.4 Å². The Bertz CT molecular complexity index is 1380. The van der Waals surface area contributed by atoms with Crippen LogP contribution in [-0.2, 0) is 0 Å². The molecule has 0 saturated carbocycles. The third kappa shape index (κ3) is 3.11. The predicted molar refractivity (Wildman–Crippen MR) is 119 cm³/mol. The molecule has 31 heavy (non-hydrogen) atoms. The number of ether oxygens (including phenoxy) is 3. The highest BCUT2D eigenvalue weighted by molar-refractivity contribution is 5.97. The Morgan fingerprint density at radius 2 is 1.55 bits per heavy atom. The fraction of sp³-hybridized carbons (Fsp3) is 0.125. The number of benzene rings is 2. The maximum atomic E-state index is 5.48. The first kappa shape index (κ1) is 18.9. The van der Waals surface area contributed by atoms with Crippen molar-refractivity contribution in [3.63, 3.8) is 0 Å². The molecule has 0 aliphatic carbocycles. The summed E-state index contributed by atoms with van der Waals surface area (Å²) in [5.41, 5.74) is 5.47. The van der Waals surface area contributed by atoms with E-state index < -0.39 is 0 Å². The van der Waals surface area contributed by atoms with Gasteiger partial charge >= 0.3 is 0 Å². The molecule has 0 bridgehead atoms. The molecule has 7 heteroatoms. The van der Waals surface area contributed by atoms with Crippen LogP contribution in [0, 0.1) is 0 Å². The van der Waals surface area contributed by atoms with Crippen LogP contribution >= 0.6 is 0 Å². The summed E-state index contributed by atoms with van der Waals surface area (Å²) in [5.74, 6) is 1.72. The molecule has 5 rings (SSSR count). The molecule has 2 aromatic carbocycles. The Balaban J connectivity index is 1.64. The molecular weight excluding hydrogens is 392 g/mol. The van der Waals surface area contributed by atoms with E-state index in [0.29, 0.717) is 17.2 Å². The van der Waals surface area contributed by atoms with Crippen molar-refractivity contribution >= 4 is 16.6 Å². The van der Waals surface area contributed by atoms with Crippen LogP contribution in [0.1, 0.15) is 0 Å². The first-order chi connectivity index (χ1) is 15.2. The summed E-state index contributed by atoms with van der Waals surface area (Å²) in [6.45, 7) is 0. The highest BCUT2D eigenvalue weighted by Crippen LogP contribution is 2.41. The molecule has 0 N–H and O–H groups in total. The largest absolute Gasteiger partial charge is 0.493 e. The van der Waals surface area contributed by atoms with Crippen molar-refractivity contribution in [2.45, 2.75) is 0 Å². The molecule has 0 aliphatic heterocycles. The number of hydrogen-bond acceptors (Lipinski definition) is 6. The van der Waals surface area contributed by atoms with Gasteiger partial charge in [-0.3, -0.25) is 4.98 Å². The fourth-order valence-electron chi connectivity index (χ4n) is 3.79. The van der Waals surface area contributed by atoms with Gasteiger partial charge in [0.05, 0.1) is 33.0 Å². The topological polar surface area (TPSA) is 70.8 Å². The minimum Gasteiger partial charge on any atom is -0.493 e. The average molecular weight is 412 g/mol. The summed E-state index contributed by atoms with van der Waals surface area (Å²) in [6.07, 6.45) is 7.41. The average Bonchev–Trinajstić information content (AvgIpc) is 3.25. The smallest absolute Gasteiger partial charge is 0.203 e. The second kappa shape index (κ2) is 7.60.